The molecule has 0 radical (unpaired) electrons. The van der Waals surface area contributed by atoms with Crippen LogP contribution >= 0.6 is 0 Å². The molecular formula is C19H15F3N4O2. The maximum absolute atomic E-state index is 12.2. The minimum atomic E-state index is -4.75. The van der Waals surface area contributed by atoms with Gasteiger partial charge < -0.3 is 10.5 Å². The second kappa shape index (κ2) is 7.55. The van der Waals surface area contributed by atoms with Crippen LogP contribution in [0.25, 0.3) is 11.3 Å². The number of aldehydes is 1. The molecule has 0 unspecified atom stereocenters. The second-order valence-corrected chi connectivity index (χ2v) is 5.82. The van der Waals surface area contributed by atoms with Crippen molar-refractivity contribution in [1.82, 2.24) is 9.78 Å². The van der Waals surface area contributed by atoms with E-state index in [1.54, 1.807) is 37.4 Å². The molecule has 2 N–H and O–H groups in total. The van der Waals surface area contributed by atoms with Crippen molar-refractivity contribution in [3.63, 3.8) is 0 Å². The summed E-state index contributed by atoms with van der Waals surface area (Å²) < 4.78 is 42.0. The molecule has 0 aliphatic carbocycles. The van der Waals surface area contributed by atoms with Crippen molar-refractivity contribution in [2.75, 3.05) is 0 Å². The summed E-state index contributed by atoms with van der Waals surface area (Å²) in [5, 5.41) is 4.36. The molecule has 9 heteroatoms. The predicted molar refractivity (Wildman–Crippen MR) is 97.5 cm³/mol. The lowest BCUT2D eigenvalue weighted by Gasteiger charge is -2.09. The highest BCUT2D eigenvalue weighted by Crippen LogP contribution is 2.25. The van der Waals surface area contributed by atoms with E-state index < -0.39 is 6.36 Å². The fourth-order valence-corrected chi connectivity index (χ4v) is 2.45. The maximum atomic E-state index is 12.2. The molecule has 3 aromatic rings. The number of hydrogen-bond acceptors (Lipinski definition) is 4. The number of benzene rings is 2. The first-order valence-corrected chi connectivity index (χ1v) is 8.05. The van der Waals surface area contributed by atoms with Gasteiger partial charge in [0.05, 0.1) is 5.69 Å². The Morgan fingerprint density at radius 3 is 2.36 bits per heavy atom. The Labute approximate surface area is 158 Å². The molecule has 0 amide bonds. The fraction of sp³-hybridized carbons (Fsp3) is 0.105. The lowest BCUT2D eigenvalue weighted by atomic mass is 10.1. The van der Waals surface area contributed by atoms with Crippen LogP contribution in [0.4, 0.5) is 19.0 Å². The van der Waals surface area contributed by atoms with Gasteiger partial charge in [-0.3, -0.25) is 9.48 Å². The van der Waals surface area contributed by atoms with Gasteiger partial charge in [-0.2, -0.15) is 5.10 Å². The number of aliphatic imine (C=N–C) groups is 1. The Hall–Kier alpha value is -3.62. The number of carbonyl (C=O) groups is 1. The summed E-state index contributed by atoms with van der Waals surface area (Å²) in [4.78, 5) is 15.0. The first kappa shape index (κ1) is 19.2. The Morgan fingerprint density at radius 1 is 1.14 bits per heavy atom. The maximum Gasteiger partial charge on any atom is 0.573 e. The van der Waals surface area contributed by atoms with Gasteiger partial charge in [-0.05, 0) is 24.3 Å². The Bertz CT molecular complexity index is 1010. The van der Waals surface area contributed by atoms with E-state index in [1.165, 1.54) is 16.8 Å². The molecule has 0 atom stereocenters. The molecule has 0 bridgehead atoms. The van der Waals surface area contributed by atoms with E-state index in [1.807, 2.05) is 0 Å². The van der Waals surface area contributed by atoms with Gasteiger partial charge in [0.1, 0.15) is 17.9 Å². The Kier molecular flexibility index (Phi) is 5.16. The standard InChI is InChI=1S/C19H15F3N4O2/c1-26-17(10-16(25-26)13-4-2-12(11-27)3-5-13)24-18(23)14-6-8-15(9-7-14)28-19(20,21)22/h2-11H,1H3,(H2,23,24). The van der Waals surface area contributed by atoms with Crippen LogP contribution in [-0.2, 0) is 7.05 Å². The summed E-state index contributed by atoms with van der Waals surface area (Å²) in [5.74, 6) is 0.234. The Morgan fingerprint density at radius 2 is 1.79 bits per heavy atom. The molecule has 3 rings (SSSR count). The molecule has 0 fully saturated rings. The van der Waals surface area contributed by atoms with Gasteiger partial charge in [-0.25, -0.2) is 4.99 Å². The summed E-state index contributed by atoms with van der Waals surface area (Å²) in [6.45, 7) is 0. The van der Waals surface area contributed by atoms with E-state index >= 15 is 0 Å². The number of alkyl halides is 3. The van der Waals surface area contributed by atoms with Crippen LogP contribution < -0.4 is 10.5 Å². The minimum Gasteiger partial charge on any atom is -0.406 e. The quantitative estimate of drug-likeness (QED) is 0.409. The van der Waals surface area contributed by atoms with E-state index in [9.17, 15) is 18.0 Å². The number of halogens is 3. The van der Waals surface area contributed by atoms with Crippen LogP contribution in [0.2, 0.25) is 0 Å². The number of ether oxygens (including phenoxy) is 1. The molecule has 0 aliphatic heterocycles. The van der Waals surface area contributed by atoms with Crippen molar-refractivity contribution in [3.05, 3.63) is 65.7 Å². The summed E-state index contributed by atoms with van der Waals surface area (Å²) >= 11 is 0. The van der Waals surface area contributed by atoms with Crippen LogP contribution in [0, 0.1) is 0 Å². The largest absolute Gasteiger partial charge is 0.573 e. The molecule has 6 nitrogen and oxygen atoms in total. The number of rotatable bonds is 5. The van der Waals surface area contributed by atoms with E-state index in [4.69, 9.17) is 5.73 Å². The molecular weight excluding hydrogens is 373 g/mol. The zero-order valence-corrected chi connectivity index (χ0v) is 14.6. The molecule has 0 saturated carbocycles. The normalized spacial score (nSPS) is 12.1. The zero-order chi connectivity index (χ0) is 20.3. The van der Waals surface area contributed by atoms with Crippen LogP contribution in [-0.4, -0.2) is 28.3 Å². The first-order valence-electron chi connectivity index (χ1n) is 8.05. The van der Waals surface area contributed by atoms with Crippen LogP contribution in [0.3, 0.4) is 0 Å². The average Bonchev–Trinajstić information content (AvgIpc) is 3.01. The fourth-order valence-electron chi connectivity index (χ4n) is 2.45. The van der Waals surface area contributed by atoms with Gasteiger partial charge in [0.2, 0.25) is 0 Å². The van der Waals surface area contributed by atoms with E-state index in [-0.39, 0.29) is 11.6 Å². The van der Waals surface area contributed by atoms with Gasteiger partial charge in [0.25, 0.3) is 0 Å². The van der Waals surface area contributed by atoms with Gasteiger partial charge in [-0.1, -0.05) is 24.3 Å². The summed E-state index contributed by atoms with van der Waals surface area (Å²) in [6, 6.07) is 13.7. The third-order valence-corrected chi connectivity index (χ3v) is 3.82. The Balaban J connectivity index is 1.82. The molecule has 1 aromatic heterocycles. The number of aryl methyl sites for hydroxylation is 1. The monoisotopic (exact) mass is 388 g/mol. The summed E-state index contributed by atoms with van der Waals surface area (Å²) in [7, 11) is 1.69. The van der Waals surface area contributed by atoms with Crippen LogP contribution in [0.5, 0.6) is 5.75 Å². The molecule has 0 aliphatic rings. The van der Waals surface area contributed by atoms with Crippen molar-refractivity contribution < 1.29 is 22.7 Å². The number of nitrogens with two attached hydrogens (primary N) is 1. The number of nitrogens with zero attached hydrogens (tertiary/aromatic N) is 3. The molecule has 1 heterocycles. The molecule has 0 saturated heterocycles. The highest BCUT2D eigenvalue weighted by Gasteiger charge is 2.30. The van der Waals surface area contributed by atoms with Crippen molar-refractivity contribution in [1.29, 1.82) is 0 Å². The van der Waals surface area contributed by atoms with Crippen LogP contribution in [0.1, 0.15) is 15.9 Å². The zero-order valence-electron chi connectivity index (χ0n) is 14.6. The van der Waals surface area contributed by atoms with Gasteiger partial charge >= 0.3 is 6.36 Å². The lowest BCUT2D eigenvalue weighted by molar-refractivity contribution is -0.274. The highest BCUT2D eigenvalue weighted by molar-refractivity contribution is 5.99. The van der Waals surface area contributed by atoms with Gasteiger partial charge in [0.15, 0.2) is 5.82 Å². The topological polar surface area (TPSA) is 82.5 Å². The highest BCUT2D eigenvalue weighted by atomic mass is 19.4. The van der Waals surface area contributed by atoms with Crippen molar-refractivity contribution >= 4 is 17.9 Å². The molecule has 2 aromatic carbocycles. The van der Waals surface area contributed by atoms with Crippen LogP contribution in [0.15, 0.2) is 59.6 Å². The summed E-state index contributed by atoms with van der Waals surface area (Å²) in [5.41, 5.74) is 8.40. The second-order valence-electron chi connectivity index (χ2n) is 5.82. The third-order valence-electron chi connectivity index (χ3n) is 3.82. The molecule has 28 heavy (non-hydrogen) atoms. The number of aromatic nitrogens is 2. The average molecular weight is 388 g/mol. The van der Waals surface area contributed by atoms with E-state index in [0.717, 1.165) is 24.0 Å². The molecule has 144 valence electrons. The van der Waals surface area contributed by atoms with Crippen molar-refractivity contribution in [2.45, 2.75) is 6.36 Å². The van der Waals surface area contributed by atoms with Gasteiger partial charge in [-0.15, -0.1) is 13.2 Å². The predicted octanol–water partition coefficient (Wildman–Crippen LogP) is 3.84. The lowest BCUT2D eigenvalue weighted by Crippen LogP contribution is -2.17. The molecule has 0 spiro atoms. The summed E-state index contributed by atoms with van der Waals surface area (Å²) in [6.07, 6.45) is -4.00. The van der Waals surface area contributed by atoms with Crippen molar-refractivity contribution in [2.24, 2.45) is 17.8 Å². The van der Waals surface area contributed by atoms with E-state index in [0.29, 0.717) is 22.6 Å². The number of amidine groups is 1. The number of carbonyl (C=O) groups excluding carboxylic acids is 1. The van der Waals surface area contributed by atoms with Crippen molar-refractivity contribution in [3.8, 4) is 17.0 Å². The minimum absolute atomic E-state index is 0.115. The van der Waals surface area contributed by atoms with Gasteiger partial charge in [0, 0.05) is 29.8 Å². The SMILES string of the molecule is Cn1nc(-c2ccc(C=O)cc2)cc1N=C(N)c1ccc(OC(F)(F)F)cc1. The first-order chi connectivity index (χ1) is 13.2. The number of hydrogen-bond donors (Lipinski definition) is 1. The van der Waals surface area contributed by atoms with E-state index in [2.05, 4.69) is 14.8 Å². The third kappa shape index (κ3) is 4.56. The smallest absolute Gasteiger partial charge is 0.406 e.